The van der Waals surface area contributed by atoms with Gasteiger partial charge in [0.2, 0.25) is 0 Å². The molecule has 0 aromatic heterocycles. The van der Waals surface area contributed by atoms with Crippen LogP contribution in [0.25, 0.3) is 0 Å². The fourth-order valence-electron chi connectivity index (χ4n) is 0.801. The molecule has 0 unspecified atom stereocenters. The van der Waals surface area contributed by atoms with Gasteiger partial charge in [0.25, 0.3) is 0 Å². The average Bonchev–Trinajstić information content (AvgIpc) is 1.88. The van der Waals surface area contributed by atoms with E-state index in [0.717, 1.165) is 10.2 Å². The average molecular weight is 137 g/mol. The zero-order valence-corrected chi connectivity index (χ0v) is 7.81. The molecule has 1 nitrogen and oxygen atoms in total. The van der Waals surface area contributed by atoms with Gasteiger partial charge in [-0.15, -0.1) is 0 Å². The molecular formula is C7H11NSi. The predicted octanol–water partition coefficient (Wildman–Crippen LogP) is -0.281. The molecule has 0 aliphatic heterocycles. The second-order valence-corrected chi connectivity index (χ2v) is 3.27. The van der Waals surface area contributed by atoms with Crippen LogP contribution in [0.2, 0.25) is 0 Å². The summed E-state index contributed by atoms with van der Waals surface area (Å²) in [5.74, 6) is 0. The van der Waals surface area contributed by atoms with E-state index in [-0.39, 0.29) is 0 Å². The van der Waals surface area contributed by atoms with Gasteiger partial charge in [-0.1, -0.05) is 17.3 Å². The van der Waals surface area contributed by atoms with Gasteiger partial charge in [0.1, 0.15) is 0 Å². The van der Waals surface area contributed by atoms with Gasteiger partial charge in [0.05, 0.1) is 0 Å². The third kappa shape index (κ3) is 1.57. The monoisotopic (exact) mass is 137 g/mol. The number of anilines is 1. The van der Waals surface area contributed by atoms with Gasteiger partial charge in [-0.3, -0.25) is 0 Å². The molecule has 2 heteroatoms. The molecule has 0 amide bonds. The van der Waals surface area contributed by atoms with Crippen LogP contribution in [0.3, 0.4) is 0 Å². The Kier molecular flexibility index (Phi) is 1.90. The molecule has 0 atom stereocenters. The Labute approximate surface area is 58.5 Å². The number of benzene rings is 1. The minimum absolute atomic E-state index is 1.14. The fourth-order valence-corrected chi connectivity index (χ4v) is 1.30. The highest BCUT2D eigenvalue weighted by atomic mass is 28.1. The van der Waals surface area contributed by atoms with Crippen LogP contribution in [0, 0.1) is 0 Å². The minimum atomic E-state index is 1.14. The highest BCUT2D eigenvalue weighted by Crippen LogP contribution is 1.99. The van der Waals surface area contributed by atoms with Crippen LogP contribution < -0.4 is 10.5 Å². The van der Waals surface area contributed by atoms with Gasteiger partial charge in [-0.25, -0.2) is 0 Å². The van der Waals surface area contributed by atoms with Crippen LogP contribution in [0.5, 0.6) is 0 Å². The van der Waals surface area contributed by atoms with Crippen molar-refractivity contribution in [3.8, 4) is 0 Å². The summed E-state index contributed by atoms with van der Waals surface area (Å²) in [5.41, 5.74) is 1.21. The first-order valence-corrected chi connectivity index (χ1v) is 4.07. The summed E-state index contributed by atoms with van der Waals surface area (Å²) < 4.78 is 0. The normalized spacial score (nSPS) is 9.44. The molecule has 0 aliphatic rings. The largest absolute Gasteiger partial charge is 0.388 e. The first-order chi connectivity index (χ1) is 4.33. The molecule has 0 heterocycles. The molecule has 0 fully saturated rings. The highest BCUT2D eigenvalue weighted by Gasteiger charge is 1.84. The van der Waals surface area contributed by atoms with Gasteiger partial charge in [0, 0.05) is 23.0 Å². The molecule has 9 heavy (non-hydrogen) atoms. The summed E-state index contributed by atoms with van der Waals surface area (Å²) >= 11 is 0. The number of rotatable bonds is 1. The van der Waals surface area contributed by atoms with E-state index in [4.69, 9.17) is 0 Å². The smallest absolute Gasteiger partial charge is 0.0385 e. The van der Waals surface area contributed by atoms with Crippen molar-refractivity contribution < 1.29 is 0 Å². The lowest BCUT2D eigenvalue weighted by Crippen LogP contribution is -2.01. The summed E-state index contributed by atoms with van der Waals surface area (Å²) in [6, 6.07) is 8.47. The van der Waals surface area contributed by atoms with E-state index >= 15 is 0 Å². The lowest BCUT2D eigenvalue weighted by Gasteiger charge is -1.98. The molecule has 0 saturated heterocycles. The summed E-state index contributed by atoms with van der Waals surface area (Å²) in [7, 11) is 3.08. The summed E-state index contributed by atoms with van der Waals surface area (Å²) in [6.45, 7) is 0. The Morgan fingerprint density at radius 1 is 1.44 bits per heavy atom. The Morgan fingerprint density at radius 2 is 2.22 bits per heavy atom. The van der Waals surface area contributed by atoms with Gasteiger partial charge in [0.15, 0.2) is 0 Å². The van der Waals surface area contributed by atoms with E-state index < -0.39 is 0 Å². The lowest BCUT2D eigenvalue weighted by atomic mass is 10.3. The lowest BCUT2D eigenvalue weighted by molar-refractivity contribution is 1.53. The van der Waals surface area contributed by atoms with Crippen LogP contribution in [0.15, 0.2) is 24.3 Å². The van der Waals surface area contributed by atoms with Gasteiger partial charge in [-0.05, 0) is 12.1 Å². The van der Waals surface area contributed by atoms with Crippen molar-refractivity contribution in [1.82, 2.24) is 0 Å². The van der Waals surface area contributed by atoms with E-state index in [0.29, 0.717) is 0 Å². The molecule has 0 radical (unpaired) electrons. The molecular weight excluding hydrogens is 126 g/mol. The SMILES string of the molecule is CNc1cccc([SiH3])c1. The first kappa shape index (κ1) is 6.36. The first-order valence-electron chi connectivity index (χ1n) is 3.07. The maximum atomic E-state index is 3.09. The van der Waals surface area contributed by atoms with Crippen molar-refractivity contribution in [2.24, 2.45) is 0 Å². The van der Waals surface area contributed by atoms with Crippen molar-refractivity contribution in [2.45, 2.75) is 0 Å². The summed E-state index contributed by atoms with van der Waals surface area (Å²) in [5, 5.41) is 4.52. The van der Waals surface area contributed by atoms with Crippen LogP contribution in [0.4, 0.5) is 5.69 Å². The van der Waals surface area contributed by atoms with Crippen molar-refractivity contribution in [3.05, 3.63) is 24.3 Å². The molecule has 1 aromatic carbocycles. The second kappa shape index (κ2) is 2.69. The molecule has 0 saturated carbocycles. The van der Waals surface area contributed by atoms with Crippen molar-refractivity contribution in [3.63, 3.8) is 0 Å². The molecule has 0 spiro atoms. The Bertz CT molecular complexity index is 198. The third-order valence-corrected chi connectivity index (χ3v) is 1.93. The van der Waals surface area contributed by atoms with Crippen molar-refractivity contribution in [2.75, 3.05) is 12.4 Å². The van der Waals surface area contributed by atoms with E-state index in [1.54, 1.807) is 0 Å². The molecule has 48 valence electrons. The van der Waals surface area contributed by atoms with Crippen LogP contribution >= 0.6 is 0 Å². The number of hydrogen-bond acceptors (Lipinski definition) is 1. The van der Waals surface area contributed by atoms with Gasteiger partial charge >= 0.3 is 0 Å². The van der Waals surface area contributed by atoms with Gasteiger partial charge in [-0.2, -0.15) is 0 Å². The molecule has 1 aromatic rings. The topological polar surface area (TPSA) is 12.0 Å². The van der Waals surface area contributed by atoms with E-state index in [9.17, 15) is 0 Å². The highest BCUT2D eigenvalue weighted by molar-refractivity contribution is 6.32. The van der Waals surface area contributed by atoms with Crippen molar-refractivity contribution in [1.29, 1.82) is 0 Å². The Hall–Kier alpha value is -0.763. The molecule has 1 N–H and O–H groups in total. The van der Waals surface area contributed by atoms with Crippen LogP contribution in [-0.2, 0) is 0 Å². The maximum absolute atomic E-state index is 3.09. The van der Waals surface area contributed by atoms with E-state index in [2.05, 4.69) is 29.6 Å². The van der Waals surface area contributed by atoms with E-state index in [1.165, 1.54) is 10.9 Å². The predicted molar refractivity (Wildman–Crippen MR) is 45.6 cm³/mol. The summed E-state index contributed by atoms with van der Waals surface area (Å²) in [4.78, 5) is 0. The Balaban J connectivity index is 2.94. The third-order valence-electron chi connectivity index (χ3n) is 1.31. The second-order valence-electron chi connectivity index (χ2n) is 2.12. The zero-order valence-electron chi connectivity index (χ0n) is 5.81. The fraction of sp³-hybridized carbons (Fsp3) is 0.143. The molecule has 1 rings (SSSR count). The number of hydrogen-bond donors (Lipinski definition) is 1. The molecule has 0 aliphatic carbocycles. The molecule has 0 bridgehead atoms. The standard InChI is InChI=1S/C7H11NSi/c1-8-6-3-2-4-7(9)5-6/h2-5,8H,1,9H3. The van der Waals surface area contributed by atoms with Crippen molar-refractivity contribution >= 4 is 21.1 Å². The van der Waals surface area contributed by atoms with Crippen LogP contribution in [-0.4, -0.2) is 17.3 Å². The zero-order chi connectivity index (χ0) is 6.69. The maximum Gasteiger partial charge on any atom is 0.0385 e. The van der Waals surface area contributed by atoms with E-state index in [1.807, 2.05) is 7.05 Å². The number of nitrogens with one attached hydrogen (secondary N) is 1. The quantitative estimate of drug-likeness (QED) is 0.525. The Morgan fingerprint density at radius 3 is 2.67 bits per heavy atom. The minimum Gasteiger partial charge on any atom is -0.388 e. The van der Waals surface area contributed by atoms with Gasteiger partial charge < -0.3 is 5.32 Å². The summed E-state index contributed by atoms with van der Waals surface area (Å²) in [6.07, 6.45) is 0. The van der Waals surface area contributed by atoms with Crippen LogP contribution in [0.1, 0.15) is 0 Å².